The molecule has 4 heteroatoms. The minimum atomic E-state index is 0.369. The van der Waals surface area contributed by atoms with Gasteiger partial charge < -0.3 is 15.4 Å². The predicted octanol–water partition coefficient (Wildman–Crippen LogP) is 7.82. The molecular formula is C36H59N3O. The molecule has 4 aliphatic carbocycles. The zero-order valence-electron chi connectivity index (χ0n) is 26.4. The second-order valence-electron chi connectivity index (χ2n) is 15.3. The van der Waals surface area contributed by atoms with Gasteiger partial charge in [-0.15, -0.1) is 0 Å². The van der Waals surface area contributed by atoms with Crippen molar-refractivity contribution >= 4 is 5.78 Å². The molecule has 224 valence electrons. The number of nitrogens with zero attached hydrogens (tertiary/aromatic N) is 1. The topological polar surface area (TPSA) is 54.0 Å². The molecule has 0 aliphatic heterocycles. The summed E-state index contributed by atoms with van der Waals surface area (Å²) in [6.45, 7) is 15.3. The van der Waals surface area contributed by atoms with Crippen LogP contribution in [0.2, 0.25) is 0 Å². The Morgan fingerprint density at radius 2 is 1.80 bits per heavy atom. The zero-order valence-corrected chi connectivity index (χ0v) is 26.4. The van der Waals surface area contributed by atoms with Gasteiger partial charge in [0.05, 0.1) is 5.69 Å². The number of carbonyl (C=O) groups excluding carboxylic acids is 1. The van der Waals surface area contributed by atoms with Crippen molar-refractivity contribution in [1.82, 2.24) is 15.6 Å². The number of carbonyl (C=O) groups is 1. The SMILES string of the molecule is CC(=O)CCC(C)C1CCC2C3C(C)CC4CC(NCCCCNCc5ccccn5)CCC4(C)C3CCC12C. The van der Waals surface area contributed by atoms with E-state index < -0.39 is 0 Å². The molecule has 10 unspecified atom stereocenters. The molecule has 4 fully saturated rings. The fourth-order valence-corrected chi connectivity index (χ4v) is 10.8. The van der Waals surface area contributed by atoms with Gasteiger partial charge in [-0.05, 0) is 155 Å². The molecule has 2 N–H and O–H groups in total. The largest absolute Gasteiger partial charge is 0.314 e. The van der Waals surface area contributed by atoms with Crippen molar-refractivity contribution in [2.75, 3.05) is 13.1 Å². The normalized spacial score (nSPS) is 39.7. The van der Waals surface area contributed by atoms with Gasteiger partial charge >= 0.3 is 0 Å². The van der Waals surface area contributed by atoms with Crippen LogP contribution in [0.5, 0.6) is 0 Å². The Morgan fingerprint density at radius 1 is 1.02 bits per heavy atom. The number of pyridine rings is 1. The average Bonchev–Trinajstić information content (AvgIpc) is 3.29. The van der Waals surface area contributed by atoms with Crippen LogP contribution < -0.4 is 10.6 Å². The van der Waals surface area contributed by atoms with E-state index in [0.29, 0.717) is 22.5 Å². The zero-order chi connectivity index (χ0) is 28.3. The standard InChI is InChI=1S/C36H59N3O/c1-25(11-12-27(3)40)31-13-14-32-34-26(2)22-28-23-29(15-17-35(28,4)33(34)16-18-36(31,32)5)38-21-9-8-19-37-24-30-10-6-7-20-39-30/h6-7,10,20,25-26,28-29,31-34,37-38H,8-9,11-19,21-24H2,1-5H3. The van der Waals surface area contributed by atoms with E-state index in [2.05, 4.69) is 55.4 Å². The number of ketones is 1. The molecule has 1 aromatic rings. The van der Waals surface area contributed by atoms with Crippen molar-refractivity contribution in [2.45, 2.75) is 124 Å². The third-order valence-electron chi connectivity index (χ3n) is 13.0. The first-order valence-corrected chi connectivity index (χ1v) is 17.1. The first-order valence-electron chi connectivity index (χ1n) is 17.1. The van der Waals surface area contributed by atoms with Gasteiger partial charge in [0.25, 0.3) is 0 Å². The summed E-state index contributed by atoms with van der Waals surface area (Å²) in [5, 5.41) is 7.53. The highest BCUT2D eigenvalue weighted by atomic mass is 16.1. The van der Waals surface area contributed by atoms with Crippen LogP contribution in [0.25, 0.3) is 0 Å². The monoisotopic (exact) mass is 549 g/mol. The number of nitrogens with one attached hydrogen (secondary N) is 2. The van der Waals surface area contributed by atoms with Gasteiger partial charge in [-0.2, -0.15) is 0 Å². The number of rotatable bonds is 12. The number of fused-ring (bicyclic) bond motifs is 5. The van der Waals surface area contributed by atoms with E-state index in [1.165, 1.54) is 64.2 Å². The van der Waals surface area contributed by atoms with E-state index in [9.17, 15) is 4.79 Å². The summed E-state index contributed by atoms with van der Waals surface area (Å²) in [6, 6.07) is 6.85. The molecule has 4 nitrogen and oxygen atoms in total. The van der Waals surface area contributed by atoms with Gasteiger partial charge in [0.15, 0.2) is 0 Å². The number of hydrogen-bond acceptors (Lipinski definition) is 4. The number of unbranched alkanes of at least 4 members (excludes halogenated alkanes) is 1. The molecule has 4 aliphatic rings. The van der Waals surface area contributed by atoms with E-state index in [1.54, 1.807) is 6.92 Å². The number of Topliss-reactive ketones (excluding diaryl/α,β-unsaturated/α-hetero) is 1. The maximum absolute atomic E-state index is 11.7. The highest BCUT2D eigenvalue weighted by Gasteiger charge is 2.62. The smallest absolute Gasteiger partial charge is 0.129 e. The fraction of sp³-hybridized carbons (Fsp3) is 0.833. The predicted molar refractivity (Wildman–Crippen MR) is 166 cm³/mol. The van der Waals surface area contributed by atoms with Gasteiger partial charge in [0.1, 0.15) is 5.78 Å². The van der Waals surface area contributed by atoms with Crippen LogP contribution >= 0.6 is 0 Å². The van der Waals surface area contributed by atoms with E-state index in [1.807, 2.05) is 12.3 Å². The minimum absolute atomic E-state index is 0.369. The summed E-state index contributed by atoms with van der Waals surface area (Å²) < 4.78 is 0. The molecule has 40 heavy (non-hydrogen) atoms. The van der Waals surface area contributed by atoms with Gasteiger partial charge in [0, 0.05) is 25.2 Å². The van der Waals surface area contributed by atoms with Crippen LogP contribution in [0.4, 0.5) is 0 Å². The molecule has 1 heterocycles. The van der Waals surface area contributed by atoms with Crippen LogP contribution in [0.15, 0.2) is 24.4 Å². The number of hydrogen-bond donors (Lipinski definition) is 2. The lowest BCUT2D eigenvalue weighted by Gasteiger charge is -2.63. The van der Waals surface area contributed by atoms with Crippen molar-refractivity contribution in [1.29, 1.82) is 0 Å². The first kappa shape index (κ1) is 30.2. The van der Waals surface area contributed by atoms with Gasteiger partial charge in [-0.1, -0.05) is 33.8 Å². The van der Waals surface area contributed by atoms with Crippen LogP contribution in [-0.2, 0) is 11.3 Å². The van der Waals surface area contributed by atoms with Crippen molar-refractivity contribution < 1.29 is 4.79 Å². The third-order valence-corrected chi connectivity index (χ3v) is 13.0. The van der Waals surface area contributed by atoms with Crippen molar-refractivity contribution in [2.24, 2.45) is 52.3 Å². The quantitative estimate of drug-likeness (QED) is 0.261. The summed E-state index contributed by atoms with van der Waals surface area (Å²) >= 11 is 0. The molecule has 0 bridgehead atoms. The molecule has 0 aromatic carbocycles. The van der Waals surface area contributed by atoms with E-state index in [-0.39, 0.29) is 0 Å². The Kier molecular flexibility index (Phi) is 9.77. The van der Waals surface area contributed by atoms with Crippen LogP contribution in [0.3, 0.4) is 0 Å². The Morgan fingerprint density at radius 3 is 2.58 bits per heavy atom. The van der Waals surface area contributed by atoms with Crippen molar-refractivity contribution in [3.05, 3.63) is 30.1 Å². The summed E-state index contributed by atoms with van der Waals surface area (Å²) in [4.78, 5) is 16.1. The van der Waals surface area contributed by atoms with Crippen molar-refractivity contribution in [3.63, 3.8) is 0 Å². The van der Waals surface area contributed by atoms with E-state index in [4.69, 9.17) is 0 Å². The Bertz CT molecular complexity index is 966. The van der Waals surface area contributed by atoms with Crippen LogP contribution in [0, 0.1) is 52.3 Å². The van der Waals surface area contributed by atoms with E-state index >= 15 is 0 Å². The van der Waals surface area contributed by atoms with Crippen molar-refractivity contribution in [3.8, 4) is 0 Å². The molecule has 0 amide bonds. The van der Waals surface area contributed by atoms with Gasteiger partial charge in [-0.25, -0.2) is 0 Å². The summed E-state index contributed by atoms with van der Waals surface area (Å²) in [5.74, 6) is 6.40. The minimum Gasteiger partial charge on any atom is -0.314 e. The third kappa shape index (κ3) is 6.24. The lowest BCUT2D eigenvalue weighted by Crippen LogP contribution is -2.57. The molecule has 0 saturated heterocycles. The maximum Gasteiger partial charge on any atom is 0.129 e. The first-order chi connectivity index (χ1) is 19.2. The Labute approximate surface area is 245 Å². The lowest BCUT2D eigenvalue weighted by molar-refractivity contribution is -0.140. The molecular weight excluding hydrogens is 490 g/mol. The summed E-state index contributed by atoms with van der Waals surface area (Å²) in [7, 11) is 0. The van der Waals surface area contributed by atoms with E-state index in [0.717, 1.165) is 79.7 Å². The molecule has 10 atom stereocenters. The average molecular weight is 550 g/mol. The Balaban J connectivity index is 1.10. The molecule has 4 saturated carbocycles. The van der Waals surface area contributed by atoms with Crippen LogP contribution in [0.1, 0.15) is 117 Å². The highest BCUT2D eigenvalue weighted by Crippen LogP contribution is 2.69. The molecule has 5 rings (SSSR count). The summed E-state index contributed by atoms with van der Waals surface area (Å²) in [5.41, 5.74) is 2.18. The lowest BCUT2D eigenvalue weighted by atomic mass is 9.42. The molecule has 0 radical (unpaired) electrons. The summed E-state index contributed by atoms with van der Waals surface area (Å²) in [6.07, 6.45) is 17.6. The molecule has 1 aromatic heterocycles. The Hall–Kier alpha value is -1.26. The van der Waals surface area contributed by atoms with Gasteiger partial charge in [-0.3, -0.25) is 4.98 Å². The highest BCUT2D eigenvalue weighted by molar-refractivity contribution is 5.75. The molecule has 0 spiro atoms. The second-order valence-corrected chi connectivity index (χ2v) is 15.3. The van der Waals surface area contributed by atoms with Gasteiger partial charge in [0.2, 0.25) is 0 Å². The number of aromatic nitrogens is 1. The maximum atomic E-state index is 11.7. The van der Waals surface area contributed by atoms with Crippen LogP contribution in [-0.4, -0.2) is 29.9 Å². The second kappa shape index (κ2) is 12.9. The fourth-order valence-electron chi connectivity index (χ4n) is 10.8.